The summed E-state index contributed by atoms with van der Waals surface area (Å²) in [5, 5.41) is 4.18. The SMILES string of the molecule is COc1ccc(N=C(C)/C(=N\Nc2ccccc2)C(C)=O)cc1. The molecule has 118 valence electrons. The van der Waals surface area contributed by atoms with Crippen molar-refractivity contribution in [1.82, 2.24) is 0 Å². The fourth-order valence-electron chi connectivity index (χ4n) is 1.95. The van der Waals surface area contributed by atoms with Crippen LogP contribution in [0.1, 0.15) is 13.8 Å². The van der Waals surface area contributed by atoms with E-state index in [0.29, 0.717) is 11.4 Å². The fourth-order valence-corrected chi connectivity index (χ4v) is 1.95. The molecule has 23 heavy (non-hydrogen) atoms. The molecule has 0 unspecified atom stereocenters. The number of nitrogens with zero attached hydrogens (tertiary/aromatic N) is 2. The van der Waals surface area contributed by atoms with Crippen molar-refractivity contribution in [3.8, 4) is 5.75 Å². The highest BCUT2D eigenvalue weighted by molar-refractivity contribution is 6.66. The molecule has 0 bridgehead atoms. The lowest BCUT2D eigenvalue weighted by Gasteiger charge is -2.05. The first kappa shape index (κ1) is 16.4. The molecule has 1 N–H and O–H groups in total. The molecule has 2 rings (SSSR count). The third kappa shape index (κ3) is 4.78. The molecule has 2 aromatic rings. The Bertz CT molecular complexity index is 720. The van der Waals surface area contributed by atoms with E-state index in [2.05, 4.69) is 15.5 Å². The third-order valence-corrected chi connectivity index (χ3v) is 3.12. The molecule has 0 saturated carbocycles. The van der Waals surface area contributed by atoms with E-state index in [-0.39, 0.29) is 5.78 Å². The molecule has 5 heteroatoms. The molecular formula is C18H19N3O2. The van der Waals surface area contributed by atoms with Crippen molar-refractivity contribution in [2.75, 3.05) is 12.5 Å². The van der Waals surface area contributed by atoms with E-state index in [1.165, 1.54) is 6.92 Å². The lowest BCUT2D eigenvalue weighted by atomic mass is 10.2. The number of anilines is 1. The number of carbonyl (C=O) groups is 1. The topological polar surface area (TPSA) is 63.1 Å². The van der Waals surface area contributed by atoms with Crippen LogP contribution in [-0.2, 0) is 4.79 Å². The number of methoxy groups -OCH3 is 1. The summed E-state index contributed by atoms with van der Waals surface area (Å²) in [5.41, 5.74) is 5.26. The Kier molecular flexibility index (Phi) is 5.63. The number of aliphatic imine (C=N–C) groups is 1. The Morgan fingerprint density at radius 3 is 2.22 bits per heavy atom. The monoisotopic (exact) mass is 309 g/mol. The fraction of sp³-hybridized carbons (Fsp3) is 0.167. The van der Waals surface area contributed by atoms with Crippen LogP contribution in [-0.4, -0.2) is 24.3 Å². The molecule has 0 atom stereocenters. The largest absolute Gasteiger partial charge is 0.497 e. The number of rotatable bonds is 6. The van der Waals surface area contributed by atoms with Gasteiger partial charge in [0, 0.05) is 6.92 Å². The molecule has 0 saturated heterocycles. The van der Waals surface area contributed by atoms with Gasteiger partial charge in [0.15, 0.2) is 5.78 Å². The van der Waals surface area contributed by atoms with Crippen LogP contribution in [0.15, 0.2) is 64.7 Å². The molecule has 5 nitrogen and oxygen atoms in total. The van der Waals surface area contributed by atoms with Crippen LogP contribution in [0, 0.1) is 0 Å². The molecular weight excluding hydrogens is 290 g/mol. The van der Waals surface area contributed by atoms with Crippen molar-refractivity contribution < 1.29 is 9.53 Å². The van der Waals surface area contributed by atoms with Crippen LogP contribution in [0.4, 0.5) is 11.4 Å². The van der Waals surface area contributed by atoms with E-state index >= 15 is 0 Å². The van der Waals surface area contributed by atoms with Crippen LogP contribution < -0.4 is 10.2 Å². The summed E-state index contributed by atoms with van der Waals surface area (Å²) in [4.78, 5) is 16.3. The Hall–Kier alpha value is -2.95. The zero-order valence-corrected chi connectivity index (χ0v) is 13.4. The van der Waals surface area contributed by atoms with Gasteiger partial charge in [0.25, 0.3) is 0 Å². The average Bonchev–Trinajstić information content (AvgIpc) is 2.56. The number of ketones is 1. The van der Waals surface area contributed by atoms with Crippen molar-refractivity contribution in [3.63, 3.8) is 0 Å². The minimum Gasteiger partial charge on any atom is -0.497 e. The first-order valence-electron chi connectivity index (χ1n) is 7.19. The highest BCUT2D eigenvalue weighted by Crippen LogP contribution is 2.18. The Morgan fingerprint density at radius 1 is 1.00 bits per heavy atom. The van der Waals surface area contributed by atoms with Gasteiger partial charge >= 0.3 is 0 Å². The number of Topliss-reactive ketones (excluding diaryl/α,β-unsaturated/α-hetero) is 1. The minimum atomic E-state index is -0.150. The van der Waals surface area contributed by atoms with Gasteiger partial charge in [-0.15, -0.1) is 0 Å². The van der Waals surface area contributed by atoms with Crippen molar-refractivity contribution >= 4 is 28.6 Å². The van der Waals surface area contributed by atoms with E-state index < -0.39 is 0 Å². The second-order valence-corrected chi connectivity index (χ2v) is 4.89. The van der Waals surface area contributed by atoms with E-state index in [1.54, 1.807) is 14.0 Å². The Morgan fingerprint density at radius 2 is 1.65 bits per heavy atom. The molecule has 0 spiro atoms. The summed E-state index contributed by atoms with van der Waals surface area (Å²) >= 11 is 0. The molecule has 0 aliphatic carbocycles. The molecule has 0 fully saturated rings. The normalized spacial score (nSPS) is 12.0. The standard InChI is InChI=1S/C18H19N3O2/c1-13(19-15-9-11-17(23-3)12-10-15)18(14(2)22)21-20-16-7-5-4-6-8-16/h4-12,20H,1-3H3/b19-13?,21-18+. The minimum absolute atomic E-state index is 0.150. The number of para-hydroxylation sites is 1. The summed E-state index contributed by atoms with van der Waals surface area (Å²) < 4.78 is 5.11. The second-order valence-electron chi connectivity index (χ2n) is 4.89. The maximum atomic E-state index is 11.8. The number of carbonyl (C=O) groups excluding carboxylic acids is 1. The number of hydrogen-bond donors (Lipinski definition) is 1. The molecule has 0 radical (unpaired) electrons. The number of nitrogens with one attached hydrogen (secondary N) is 1. The number of hydrazone groups is 1. The number of benzene rings is 2. The summed E-state index contributed by atoms with van der Waals surface area (Å²) in [7, 11) is 1.61. The first-order chi connectivity index (χ1) is 11.1. The lowest BCUT2D eigenvalue weighted by Crippen LogP contribution is -2.20. The van der Waals surface area contributed by atoms with Gasteiger partial charge in [0.2, 0.25) is 0 Å². The summed E-state index contributed by atoms with van der Waals surface area (Å²) in [6, 6.07) is 16.7. The third-order valence-electron chi connectivity index (χ3n) is 3.12. The van der Waals surface area contributed by atoms with Crippen LogP contribution in [0.5, 0.6) is 5.75 Å². The van der Waals surface area contributed by atoms with E-state index in [4.69, 9.17) is 4.74 Å². The van der Waals surface area contributed by atoms with Gasteiger partial charge in [0.05, 0.1) is 24.2 Å². The van der Waals surface area contributed by atoms with Crippen LogP contribution in [0.3, 0.4) is 0 Å². The predicted molar refractivity (Wildman–Crippen MR) is 93.9 cm³/mol. The van der Waals surface area contributed by atoms with Gasteiger partial charge in [-0.1, -0.05) is 18.2 Å². The Labute approximate surface area is 135 Å². The predicted octanol–water partition coefficient (Wildman–Crippen LogP) is 3.84. The number of hydrogen-bond acceptors (Lipinski definition) is 5. The summed E-state index contributed by atoms with van der Waals surface area (Å²) in [5.74, 6) is 0.607. The maximum absolute atomic E-state index is 11.8. The molecule has 0 amide bonds. The second kappa shape index (κ2) is 7.89. The van der Waals surface area contributed by atoms with Gasteiger partial charge in [-0.05, 0) is 43.3 Å². The van der Waals surface area contributed by atoms with Crippen molar-refractivity contribution in [2.24, 2.45) is 10.1 Å². The zero-order chi connectivity index (χ0) is 16.7. The average molecular weight is 309 g/mol. The van der Waals surface area contributed by atoms with Crippen LogP contribution in [0.25, 0.3) is 0 Å². The van der Waals surface area contributed by atoms with E-state index in [0.717, 1.165) is 17.1 Å². The van der Waals surface area contributed by atoms with Gasteiger partial charge in [-0.3, -0.25) is 15.2 Å². The van der Waals surface area contributed by atoms with Crippen molar-refractivity contribution in [3.05, 3.63) is 54.6 Å². The molecule has 0 heterocycles. The highest BCUT2D eigenvalue weighted by atomic mass is 16.5. The summed E-state index contributed by atoms with van der Waals surface area (Å²) in [6.07, 6.45) is 0. The smallest absolute Gasteiger partial charge is 0.181 e. The highest BCUT2D eigenvalue weighted by Gasteiger charge is 2.10. The quantitative estimate of drug-likeness (QED) is 0.651. The van der Waals surface area contributed by atoms with Gasteiger partial charge < -0.3 is 4.74 Å². The molecule has 2 aromatic carbocycles. The lowest BCUT2D eigenvalue weighted by molar-refractivity contribution is -0.110. The maximum Gasteiger partial charge on any atom is 0.181 e. The van der Waals surface area contributed by atoms with E-state index in [1.807, 2.05) is 54.6 Å². The van der Waals surface area contributed by atoms with Gasteiger partial charge in [0.1, 0.15) is 11.5 Å². The molecule has 0 aliphatic rings. The van der Waals surface area contributed by atoms with Crippen molar-refractivity contribution in [1.29, 1.82) is 0 Å². The van der Waals surface area contributed by atoms with Gasteiger partial charge in [-0.25, -0.2) is 0 Å². The summed E-state index contributed by atoms with van der Waals surface area (Å²) in [6.45, 7) is 3.23. The zero-order valence-electron chi connectivity index (χ0n) is 13.4. The molecule has 0 aliphatic heterocycles. The molecule has 0 aromatic heterocycles. The van der Waals surface area contributed by atoms with Crippen LogP contribution in [0.2, 0.25) is 0 Å². The Balaban J connectivity index is 2.21. The van der Waals surface area contributed by atoms with Crippen molar-refractivity contribution in [2.45, 2.75) is 13.8 Å². The van der Waals surface area contributed by atoms with E-state index in [9.17, 15) is 4.79 Å². The first-order valence-corrected chi connectivity index (χ1v) is 7.19. The van der Waals surface area contributed by atoms with Crippen LogP contribution >= 0.6 is 0 Å². The van der Waals surface area contributed by atoms with Gasteiger partial charge in [-0.2, -0.15) is 5.10 Å². The number of ether oxygens (including phenoxy) is 1.